The van der Waals surface area contributed by atoms with E-state index in [1.165, 1.54) is 81.2 Å². The molecule has 8 heterocycles. The molecular formula is C114H120Ir4N8O12-4. The Labute approximate surface area is 864 Å². The molecule has 16 rings (SSSR count). The molecule has 0 aliphatic rings. The zero-order valence-electron chi connectivity index (χ0n) is 81.1. The van der Waals surface area contributed by atoms with Crippen molar-refractivity contribution in [3.8, 4) is 46.6 Å². The standard InChI is InChI=1S/4C18H11N2O.2C13H24O2.C11H20O2.C5H8O2.4Ir/c1-2-6-14-13(5-1)8-9-16-15(14)10-12-20-18(16)21-17-7-3-4-11-19-17;2*1-2-6-15-13(4-1)7-8-17-16(15)9-11-20-18(17)21-14-5-3-10-19-12-14;1-2-4-15-13(3-1)5-6-17-16(15)9-12-20-18(17)21-14-7-10-19-11-8-14;1-7-12(3,4)10(14)9-11(15)13(5,6)8-2;1-5-10(6-2)12(14)9-13(15)11(7-3)8-4;1-10(2,3)8(12)7-9(13)11(4,5)6;1-4(6)3-5(2)7;;;;/h1-6,8-12H;1-4,6-12H;1-11H;1-7,9-12H;9,14H,7-8H2,1-6H3;9-11,14H,5-8H2,1-4H3;7,12H,1-6H3;3,6H,1-2H3;;;;/q4*-1;;;;;;;;. The van der Waals surface area contributed by atoms with Gasteiger partial charge < -0.3 is 54.3 Å². The van der Waals surface area contributed by atoms with E-state index < -0.39 is 5.41 Å². The number of carbonyl (C=O) groups excluding carboxylic acids is 4. The number of hydrogen-bond donors (Lipinski definition) is 4. The van der Waals surface area contributed by atoms with E-state index in [2.05, 4.69) is 137 Å². The van der Waals surface area contributed by atoms with Crippen molar-refractivity contribution >= 4 is 109 Å². The monoisotopic (exact) mass is 2560 g/mol. The van der Waals surface area contributed by atoms with Crippen molar-refractivity contribution in [3.63, 3.8) is 0 Å². The molecule has 0 aliphatic heterocycles. The van der Waals surface area contributed by atoms with Crippen LogP contribution in [0.25, 0.3) is 86.2 Å². The van der Waals surface area contributed by atoms with Gasteiger partial charge in [0.2, 0.25) is 23.5 Å². The number of ketones is 4. The number of aliphatic hydroxyl groups excluding tert-OH is 4. The predicted molar refractivity (Wildman–Crippen MR) is 539 cm³/mol. The Morgan fingerprint density at radius 1 is 0.348 bits per heavy atom. The molecule has 0 spiro atoms. The minimum Gasteiger partial charge on any atom is -0.512 e. The molecule has 8 aromatic carbocycles. The number of carbonyl (C=O) groups is 4. The predicted octanol–water partition coefficient (Wildman–Crippen LogP) is 29.4. The Balaban J connectivity index is 0.000000282. The number of nitrogens with zero attached hydrogens (tertiary/aromatic N) is 8. The summed E-state index contributed by atoms with van der Waals surface area (Å²) in [6.45, 7) is 33.7. The van der Waals surface area contributed by atoms with Gasteiger partial charge in [-0.1, -0.05) is 263 Å². The van der Waals surface area contributed by atoms with E-state index >= 15 is 0 Å². The molecular weight excluding hydrogens is 2440 g/mol. The molecule has 4 N–H and O–H groups in total. The van der Waals surface area contributed by atoms with Crippen LogP contribution in [0.5, 0.6) is 46.6 Å². The third-order valence-electron chi connectivity index (χ3n) is 22.4. The summed E-state index contributed by atoms with van der Waals surface area (Å²) in [5, 5.41) is 55.5. The molecule has 16 aromatic rings. The molecule has 24 heteroatoms. The number of ether oxygens (including phenoxy) is 4. The Bertz CT molecular complexity index is 6120. The quantitative estimate of drug-likeness (QED) is 0.0212. The molecule has 0 unspecified atom stereocenters. The van der Waals surface area contributed by atoms with Crippen molar-refractivity contribution in [3.05, 3.63) is 340 Å². The fourth-order valence-electron chi connectivity index (χ4n) is 13.3. The maximum absolute atomic E-state index is 11.8. The van der Waals surface area contributed by atoms with Crippen LogP contribution < -0.4 is 18.9 Å². The number of benzene rings is 8. The Hall–Kier alpha value is -12.3. The minimum atomic E-state index is -0.417. The summed E-state index contributed by atoms with van der Waals surface area (Å²) in [5.41, 5.74) is -1.45. The number of rotatable bonds is 22. The molecule has 0 amide bonds. The van der Waals surface area contributed by atoms with Gasteiger partial charge in [-0.05, 0) is 184 Å². The van der Waals surface area contributed by atoms with E-state index in [1.807, 2.05) is 220 Å². The fraction of sp³-hybridized carbons (Fsp3) is 0.263. The number of aromatic nitrogens is 8. The van der Waals surface area contributed by atoms with Gasteiger partial charge in [0, 0.05) is 196 Å². The Morgan fingerprint density at radius 3 is 1.12 bits per heavy atom. The van der Waals surface area contributed by atoms with Crippen LogP contribution in [0, 0.1) is 57.9 Å². The molecule has 0 saturated heterocycles. The van der Waals surface area contributed by atoms with Crippen molar-refractivity contribution in [2.75, 3.05) is 0 Å². The number of fused-ring (bicyclic) bond motifs is 12. The van der Waals surface area contributed by atoms with Crippen LogP contribution in [0.2, 0.25) is 0 Å². The van der Waals surface area contributed by atoms with Crippen LogP contribution >= 0.6 is 0 Å². The first-order valence-corrected chi connectivity index (χ1v) is 44.9. The van der Waals surface area contributed by atoms with Gasteiger partial charge in [0.05, 0.1) is 11.5 Å². The third-order valence-corrected chi connectivity index (χ3v) is 22.4. The second-order valence-electron chi connectivity index (χ2n) is 35.0. The Morgan fingerprint density at radius 2 is 0.768 bits per heavy atom. The van der Waals surface area contributed by atoms with Crippen LogP contribution in [0.1, 0.15) is 163 Å². The minimum absolute atomic E-state index is 0. The molecule has 138 heavy (non-hydrogen) atoms. The zero-order chi connectivity index (χ0) is 97.1. The van der Waals surface area contributed by atoms with Crippen LogP contribution in [0.3, 0.4) is 0 Å². The summed E-state index contributed by atoms with van der Waals surface area (Å²) >= 11 is 0. The Kier molecular flexibility index (Phi) is 47.6. The van der Waals surface area contributed by atoms with Crippen molar-refractivity contribution in [2.45, 2.75) is 163 Å². The average molecular weight is 2560 g/mol. The van der Waals surface area contributed by atoms with E-state index in [-0.39, 0.29) is 155 Å². The zero-order valence-corrected chi connectivity index (χ0v) is 90.7. The van der Waals surface area contributed by atoms with Crippen molar-refractivity contribution in [1.82, 2.24) is 39.9 Å². The number of hydrogen-bond acceptors (Lipinski definition) is 20. The van der Waals surface area contributed by atoms with Crippen molar-refractivity contribution < 1.29 is 139 Å². The maximum atomic E-state index is 11.8. The van der Waals surface area contributed by atoms with Crippen LogP contribution in [-0.2, 0) is 99.6 Å². The number of allylic oxidation sites excluding steroid dienone is 8. The van der Waals surface area contributed by atoms with Gasteiger partial charge in [0.25, 0.3) is 0 Å². The SMILES string of the molecule is CC(=O)C=C(C)O.CC(C)(C)C(=O)C=C(O)C(C)(C)C.CCC(C)(C)C(=O)C=C(O)C(C)(C)CC.CCC(CC)C(=O)C=C(O)C(CC)CC.[Ir].[Ir].[Ir].[Ir].[c-]1cccnc1Oc1nccc2c1ccc1ccccc12.[c-]1ccncc1Oc1nccc2c1ccc1ccccc12.[c-]1cnccc1Oc1nccc2c1ccc1ccccc12.[c-]1ncccc1Oc1nccc2c1ccc1ccccc12. The molecule has 0 bridgehead atoms. The molecule has 20 nitrogen and oxygen atoms in total. The van der Waals surface area contributed by atoms with E-state index in [1.54, 1.807) is 86.2 Å². The van der Waals surface area contributed by atoms with Gasteiger partial charge in [-0.2, -0.15) is 36.4 Å². The van der Waals surface area contributed by atoms with E-state index in [9.17, 15) is 34.5 Å². The van der Waals surface area contributed by atoms with Gasteiger partial charge in [-0.25, -0.2) is 26.0 Å². The summed E-state index contributed by atoms with van der Waals surface area (Å²) in [6.07, 6.45) is 30.1. The third kappa shape index (κ3) is 34.1. The smallest absolute Gasteiger partial charge is 0.227 e. The number of aliphatic hydroxyl groups is 4. The van der Waals surface area contributed by atoms with E-state index in [0.29, 0.717) is 46.6 Å². The van der Waals surface area contributed by atoms with E-state index in [0.717, 1.165) is 81.6 Å². The molecule has 728 valence electrons. The summed E-state index contributed by atoms with van der Waals surface area (Å²) in [5.74, 6) is 5.21. The maximum Gasteiger partial charge on any atom is 0.227 e. The van der Waals surface area contributed by atoms with Gasteiger partial charge in [-0.3, -0.25) is 24.2 Å². The van der Waals surface area contributed by atoms with Crippen LogP contribution in [-0.4, -0.2) is 83.4 Å². The fourth-order valence-corrected chi connectivity index (χ4v) is 13.3. The first kappa shape index (κ1) is 116. The van der Waals surface area contributed by atoms with Crippen LogP contribution in [0.4, 0.5) is 0 Å². The first-order valence-electron chi connectivity index (χ1n) is 44.9. The number of pyridine rings is 8. The largest absolute Gasteiger partial charge is 0.512 e. The molecule has 0 atom stereocenters. The summed E-state index contributed by atoms with van der Waals surface area (Å²) < 4.78 is 23.2. The molecule has 0 aliphatic carbocycles. The molecule has 8 aromatic heterocycles. The first-order chi connectivity index (χ1) is 64.1. The second-order valence-corrected chi connectivity index (χ2v) is 35.0. The van der Waals surface area contributed by atoms with Gasteiger partial charge in [0.1, 0.15) is 17.4 Å². The van der Waals surface area contributed by atoms with Gasteiger partial charge in [-0.15, -0.1) is 12.1 Å². The normalized spacial score (nSPS) is 11.4. The summed E-state index contributed by atoms with van der Waals surface area (Å²) in [6, 6.07) is 77.2. The summed E-state index contributed by atoms with van der Waals surface area (Å²) in [7, 11) is 0. The van der Waals surface area contributed by atoms with Crippen molar-refractivity contribution in [1.29, 1.82) is 0 Å². The average Bonchev–Trinajstić information content (AvgIpc) is 0.791. The van der Waals surface area contributed by atoms with E-state index in [4.69, 9.17) is 24.1 Å². The van der Waals surface area contributed by atoms with Crippen LogP contribution in [0.15, 0.2) is 316 Å². The molecule has 4 radical (unpaired) electrons. The summed E-state index contributed by atoms with van der Waals surface area (Å²) in [4.78, 5) is 78.4. The van der Waals surface area contributed by atoms with Gasteiger partial charge >= 0.3 is 0 Å². The van der Waals surface area contributed by atoms with Crippen molar-refractivity contribution in [2.24, 2.45) is 33.5 Å². The molecule has 0 fully saturated rings. The topological polar surface area (TPSA) is 289 Å². The second kappa shape index (κ2) is 56.5. The molecule has 0 saturated carbocycles. The van der Waals surface area contributed by atoms with Gasteiger partial charge in [0.15, 0.2) is 23.1 Å².